The summed E-state index contributed by atoms with van der Waals surface area (Å²) >= 11 is 0. The lowest BCUT2D eigenvalue weighted by Crippen LogP contribution is -2.26. The second-order valence-corrected chi connectivity index (χ2v) is 5.34. The van der Waals surface area contributed by atoms with E-state index in [2.05, 4.69) is 0 Å². The molecule has 0 atom stereocenters. The Morgan fingerprint density at radius 3 is 2.39 bits per heavy atom. The SMILES string of the molecule is COc1c(C)cc(C(=O)C2(CN)CC2)c(C)c1C. The van der Waals surface area contributed by atoms with Crippen LogP contribution in [-0.4, -0.2) is 19.4 Å². The van der Waals surface area contributed by atoms with E-state index >= 15 is 0 Å². The molecule has 2 N–H and O–H groups in total. The van der Waals surface area contributed by atoms with Crippen molar-refractivity contribution in [3.63, 3.8) is 0 Å². The topological polar surface area (TPSA) is 52.3 Å². The van der Waals surface area contributed by atoms with Gasteiger partial charge in [0.1, 0.15) is 5.75 Å². The zero-order valence-corrected chi connectivity index (χ0v) is 11.6. The lowest BCUT2D eigenvalue weighted by molar-refractivity contribution is 0.0905. The number of Topliss-reactive ketones (excluding diaryl/α,β-unsaturated/α-hetero) is 1. The van der Waals surface area contributed by atoms with Crippen LogP contribution < -0.4 is 10.5 Å². The number of rotatable bonds is 4. The first-order valence-corrected chi connectivity index (χ1v) is 6.36. The van der Waals surface area contributed by atoms with Crippen molar-refractivity contribution < 1.29 is 9.53 Å². The summed E-state index contributed by atoms with van der Waals surface area (Å²) in [5, 5.41) is 0. The fourth-order valence-electron chi connectivity index (χ4n) is 2.57. The van der Waals surface area contributed by atoms with Gasteiger partial charge < -0.3 is 10.5 Å². The van der Waals surface area contributed by atoms with E-state index in [1.165, 1.54) is 0 Å². The summed E-state index contributed by atoms with van der Waals surface area (Å²) < 4.78 is 5.38. The Bertz CT molecular complexity index is 502. The molecule has 2 rings (SSSR count). The quantitative estimate of drug-likeness (QED) is 0.832. The molecule has 0 bridgehead atoms. The van der Waals surface area contributed by atoms with Gasteiger partial charge >= 0.3 is 0 Å². The van der Waals surface area contributed by atoms with E-state index in [0.717, 1.165) is 40.8 Å². The van der Waals surface area contributed by atoms with Gasteiger partial charge in [0, 0.05) is 17.5 Å². The van der Waals surface area contributed by atoms with Crippen LogP contribution in [0.25, 0.3) is 0 Å². The predicted octanol–water partition coefficient (Wildman–Crippen LogP) is 2.54. The van der Waals surface area contributed by atoms with Crippen molar-refractivity contribution in [3.05, 3.63) is 28.3 Å². The molecule has 0 heterocycles. The molecule has 1 fully saturated rings. The minimum Gasteiger partial charge on any atom is -0.496 e. The fourth-order valence-corrected chi connectivity index (χ4v) is 2.57. The number of ketones is 1. The standard InChI is InChI=1S/C15H21NO2/c1-9-7-12(10(2)11(3)13(9)18-4)14(17)15(8-16)5-6-15/h7H,5-6,8,16H2,1-4H3. The highest BCUT2D eigenvalue weighted by molar-refractivity contribution is 6.04. The number of nitrogens with two attached hydrogens (primary N) is 1. The van der Waals surface area contributed by atoms with Crippen molar-refractivity contribution in [2.24, 2.45) is 11.1 Å². The Morgan fingerprint density at radius 1 is 1.33 bits per heavy atom. The lowest BCUT2D eigenvalue weighted by Gasteiger charge is -2.18. The van der Waals surface area contributed by atoms with Gasteiger partial charge in [0.15, 0.2) is 5.78 Å². The lowest BCUT2D eigenvalue weighted by atomic mass is 9.88. The first kappa shape index (κ1) is 13.1. The molecule has 0 unspecified atom stereocenters. The Kier molecular flexibility index (Phi) is 3.20. The third-order valence-electron chi connectivity index (χ3n) is 4.20. The molecule has 1 saturated carbocycles. The van der Waals surface area contributed by atoms with Gasteiger partial charge in [-0.2, -0.15) is 0 Å². The van der Waals surface area contributed by atoms with Crippen molar-refractivity contribution in [3.8, 4) is 5.75 Å². The fraction of sp³-hybridized carbons (Fsp3) is 0.533. The molecule has 1 aliphatic carbocycles. The Labute approximate surface area is 108 Å². The van der Waals surface area contributed by atoms with E-state index in [4.69, 9.17) is 10.5 Å². The van der Waals surface area contributed by atoms with Crippen molar-refractivity contribution in [2.75, 3.05) is 13.7 Å². The molecule has 0 saturated heterocycles. The van der Waals surface area contributed by atoms with E-state index in [-0.39, 0.29) is 11.2 Å². The van der Waals surface area contributed by atoms with Crippen molar-refractivity contribution in [2.45, 2.75) is 33.6 Å². The summed E-state index contributed by atoms with van der Waals surface area (Å²) in [5.41, 5.74) is 9.35. The number of hydrogen-bond acceptors (Lipinski definition) is 3. The molecule has 0 aliphatic heterocycles. The first-order chi connectivity index (χ1) is 8.46. The molecule has 18 heavy (non-hydrogen) atoms. The Hall–Kier alpha value is -1.35. The zero-order valence-electron chi connectivity index (χ0n) is 11.6. The maximum atomic E-state index is 12.6. The van der Waals surface area contributed by atoms with Gasteiger partial charge in [0.25, 0.3) is 0 Å². The summed E-state index contributed by atoms with van der Waals surface area (Å²) in [4.78, 5) is 12.6. The molecular formula is C15H21NO2. The average Bonchev–Trinajstić information content (AvgIpc) is 3.14. The maximum Gasteiger partial charge on any atom is 0.170 e. The monoisotopic (exact) mass is 247 g/mol. The first-order valence-electron chi connectivity index (χ1n) is 6.36. The third kappa shape index (κ3) is 1.83. The largest absolute Gasteiger partial charge is 0.496 e. The van der Waals surface area contributed by atoms with Crippen LogP contribution >= 0.6 is 0 Å². The molecule has 3 heteroatoms. The van der Waals surface area contributed by atoms with Gasteiger partial charge in [0.05, 0.1) is 7.11 Å². The van der Waals surface area contributed by atoms with Gasteiger partial charge in [-0.3, -0.25) is 4.79 Å². The van der Waals surface area contributed by atoms with Gasteiger partial charge in [0.2, 0.25) is 0 Å². The molecule has 1 aliphatic rings. The molecule has 0 radical (unpaired) electrons. The summed E-state index contributed by atoms with van der Waals surface area (Å²) in [6, 6.07) is 1.94. The maximum absolute atomic E-state index is 12.6. The van der Waals surface area contributed by atoms with E-state index in [0.29, 0.717) is 6.54 Å². The second-order valence-electron chi connectivity index (χ2n) is 5.34. The van der Waals surface area contributed by atoms with E-state index in [1.54, 1.807) is 7.11 Å². The molecular weight excluding hydrogens is 226 g/mol. The summed E-state index contributed by atoms with van der Waals surface area (Å²) in [5.74, 6) is 1.08. The normalized spacial score (nSPS) is 16.5. The van der Waals surface area contributed by atoms with Gasteiger partial charge in [-0.25, -0.2) is 0 Å². The number of methoxy groups -OCH3 is 1. The number of aryl methyl sites for hydroxylation is 1. The molecule has 0 amide bonds. The van der Waals surface area contributed by atoms with Gasteiger partial charge in [-0.05, 0) is 56.4 Å². The Morgan fingerprint density at radius 2 is 1.94 bits per heavy atom. The molecule has 98 valence electrons. The summed E-state index contributed by atoms with van der Waals surface area (Å²) in [6.45, 7) is 6.41. The van der Waals surface area contributed by atoms with Crippen LogP contribution in [0.1, 0.15) is 39.9 Å². The van der Waals surface area contributed by atoms with Crippen LogP contribution in [0, 0.1) is 26.2 Å². The van der Waals surface area contributed by atoms with Crippen LogP contribution in [0.4, 0.5) is 0 Å². The highest BCUT2D eigenvalue weighted by atomic mass is 16.5. The molecule has 0 aromatic heterocycles. The molecule has 0 spiro atoms. The molecule has 3 nitrogen and oxygen atoms in total. The van der Waals surface area contributed by atoms with Crippen molar-refractivity contribution in [1.29, 1.82) is 0 Å². The number of benzene rings is 1. The van der Waals surface area contributed by atoms with Crippen LogP contribution in [0.5, 0.6) is 5.75 Å². The Balaban J connectivity index is 2.50. The van der Waals surface area contributed by atoms with Gasteiger partial charge in [-0.1, -0.05) is 0 Å². The minimum atomic E-state index is -0.280. The van der Waals surface area contributed by atoms with E-state index in [1.807, 2.05) is 26.8 Å². The molecule has 1 aromatic rings. The summed E-state index contributed by atoms with van der Waals surface area (Å²) in [6.07, 6.45) is 1.85. The second kappa shape index (κ2) is 4.39. The number of carbonyl (C=O) groups is 1. The van der Waals surface area contributed by atoms with Crippen LogP contribution in [0.3, 0.4) is 0 Å². The van der Waals surface area contributed by atoms with Crippen LogP contribution in [-0.2, 0) is 0 Å². The highest BCUT2D eigenvalue weighted by Gasteiger charge is 2.49. The minimum absolute atomic E-state index is 0.205. The van der Waals surface area contributed by atoms with Gasteiger partial charge in [-0.15, -0.1) is 0 Å². The van der Waals surface area contributed by atoms with Crippen molar-refractivity contribution in [1.82, 2.24) is 0 Å². The number of carbonyl (C=O) groups excluding carboxylic acids is 1. The molecule has 1 aromatic carbocycles. The zero-order chi connectivity index (χ0) is 13.5. The smallest absolute Gasteiger partial charge is 0.170 e. The average molecular weight is 247 g/mol. The third-order valence-corrected chi connectivity index (χ3v) is 4.20. The number of ether oxygens (including phenoxy) is 1. The van der Waals surface area contributed by atoms with Crippen molar-refractivity contribution >= 4 is 5.78 Å². The van der Waals surface area contributed by atoms with E-state index in [9.17, 15) is 4.79 Å². The van der Waals surface area contributed by atoms with Crippen LogP contribution in [0.15, 0.2) is 6.07 Å². The van der Waals surface area contributed by atoms with E-state index < -0.39 is 0 Å². The van der Waals surface area contributed by atoms with Crippen LogP contribution in [0.2, 0.25) is 0 Å². The number of hydrogen-bond donors (Lipinski definition) is 1. The highest BCUT2D eigenvalue weighted by Crippen LogP contribution is 2.48. The summed E-state index contributed by atoms with van der Waals surface area (Å²) in [7, 11) is 1.67. The predicted molar refractivity (Wildman–Crippen MR) is 72.3 cm³/mol.